The molecule has 24 heavy (non-hydrogen) atoms. The van der Waals surface area contributed by atoms with Crippen LogP contribution in [0.5, 0.6) is 5.75 Å². The van der Waals surface area contributed by atoms with Gasteiger partial charge in [-0.05, 0) is 31.3 Å². The van der Waals surface area contributed by atoms with E-state index in [1.807, 2.05) is 7.05 Å². The predicted molar refractivity (Wildman–Crippen MR) is 95.9 cm³/mol. The Kier molecular flexibility index (Phi) is 8.89. The molecule has 1 N–H and O–H groups in total. The number of carbonyl (C=O) groups is 2. The molecule has 2 rings (SSSR count). The van der Waals surface area contributed by atoms with Crippen molar-refractivity contribution in [2.24, 2.45) is 0 Å². The Labute approximate surface area is 153 Å². The lowest BCUT2D eigenvalue weighted by Crippen LogP contribution is -2.51. The van der Waals surface area contributed by atoms with E-state index in [0.29, 0.717) is 49.9 Å². The minimum Gasteiger partial charge on any atom is -0.484 e. The Morgan fingerprint density at radius 1 is 1.08 bits per heavy atom. The summed E-state index contributed by atoms with van der Waals surface area (Å²) in [5.41, 5.74) is 0. The molecule has 0 radical (unpaired) electrons. The number of hydrogen-bond donors (Lipinski definition) is 1. The minimum atomic E-state index is -0.0673. The van der Waals surface area contributed by atoms with Crippen molar-refractivity contribution in [3.8, 4) is 5.75 Å². The summed E-state index contributed by atoms with van der Waals surface area (Å²) in [6.07, 6.45) is 0.490. The van der Waals surface area contributed by atoms with Crippen molar-refractivity contribution >= 4 is 35.8 Å². The van der Waals surface area contributed by atoms with E-state index in [9.17, 15) is 9.59 Å². The summed E-state index contributed by atoms with van der Waals surface area (Å²) >= 11 is 5.80. The molecule has 0 aromatic heterocycles. The van der Waals surface area contributed by atoms with Crippen LogP contribution in [-0.2, 0) is 9.59 Å². The fourth-order valence-electron chi connectivity index (χ4n) is 2.36. The van der Waals surface area contributed by atoms with Gasteiger partial charge in [-0.25, -0.2) is 0 Å². The average Bonchev–Trinajstić information content (AvgIpc) is 2.59. The summed E-state index contributed by atoms with van der Waals surface area (Å²) in [5, 5.41) is 3.59. The van der Waals surface area contributed by atoms with Gasteiger partial charge in [0.1, 0.15) is 5.75 Å². The molecule has 2 amide bonds. The normalized spacial score (nSPS) is 14.1. The second kappa shape index (κ2) is 10.4. The van der Waals surface area contributed by atoms with Crippen LogP contribution in [0.4, 0.5) is 0 Å². The van der Waals surface area contributed by atoms with E-state index < -0.39 is 0 Å². The second-order valence-corrected chi connectivity index (χ2v) is 5.79. The van der Waals surface area contributed by atoms with Gasteiger partial charge in [0.2, 0.25) is 5.91 Å². The number of nitrogens with zero attached hydrogens (tertiary/aromatic N) is 2. The summed E-state index contributed by atoms with van der Waals surface area (Å²) in [4.78, 5) is 27.6. The quantitative estimate of drug-likeness (QED) is 0.816. The van der Waals surface area contributed by atoms with Crippen molar-refractivity contribution in [3.05, 3.63) is 29.3 Å². The van der Waals surface area contributed by atoms with Crippen molar-refractivity contribution < 1.29 is 14.3 Å². The first-order valence-corrected chi connectivity index (χ1v) is 8.06. The van der Waals surface area contributed by atoms with Gasteiger partial charge in [-0.3, -0.25) is 9.59 Å². The van der Waals surface area contributed by atoms with Gasteiger partial charge in [0.25, 0.3) is 5.91 Å². The molecule has 0 spiro atoms. The molecule has 1 saturated heterocycles. The van der Waals surface area contributed by atoms with Gasteiger partial charge in [-0.15, -0.1) is 12.4 Å². The van der Waals surface area contributed by atoms with E-state index >= 15 is 0 Å². The Balaban J connectivity index is 0.00000288. The van der Waals surface area contributed by atoms with Gasteiger partial charge in [0.15, 0.2) is 6.61 Å². The van der Waals surface area contributed by atoms with Crippen LogP contribution >= 0.6 is 24.0 Å². The number of carbonyl (C=O) groups excluding carboxylic acids is 2. The highest BCUT2D eigenvalue weighted by atomic mass is 35.5. The van der Waals surface area contributed by atoms with Crippen LogP contribution in [0.1, 0.15) is 6.42 Å². The zero-order valence-electron chi connectivity index (χ0n) is 13.7. The predicted octanol–water partition coefficient (Wildman–Crippen LogP) is 1.42. The number of halogens is 2. The maximum Gasteiger partial charge on any atom is 0.260 e. The smallest absolute Gasteiger partial charge is 0.260 e. The third-order valence-electron chi connectivity index (χ3n) is 3.75. The number of rotatable bonds is 6. The molecule has 1 aliphatic rings. The number of nitrogens with one attached hydrogen (secondary N) is 1. The first-order chi connectivity index (χ1) is 11.1. The fourth-order valence-corrected chi connectivity index (χ4v) is 2.49. The molecule has 0 saturated carbocycles. The van der Waals surface area contributed by atoms with Crippen molar-refractivity contribution in [3.63, 3.8) is 0 Å². The van der Waals surface area contributed by atoms with E-state index in [1.54, 1.807) is 34.1 Å². The Hall–Kier alpha value is -1.50. The molecule has 1 aromatic rings. The highest BCUT2D eigenvalue weighted by molar-refractivity contribution is 6.30. The highest BCUT2D eigenvalue weighted by Gasteiger charge is 2.23. The van der Waals surface area contributed by atoms with Crippen LogP contribution in [0.2, 0.25) is 5.02 Å². The van der Waals surface area contributed by atoms with Gasteiger partial charge in [0.05, 0.1) is 0 Å². The van der Waals surface area contributed by atoms with Gasteiger partial charge < -0.3 is 19.9 Å². The molecule has 8 heteroatoms. The van der Waals surface area contributed by atoms with Gasteiger partial charge in [-0.2, -0.15) is 0 Å². The maximum absolute atomic E-state index is 12.1. The lowest BCUT2D eigenvalue weighted by Gasteiger charge is -2.34. The molecule has 0 bridgehead atoms. The third-order valence-corrected chi connectivity index (χ3v) is 4.00. The summed E-state index contributed by atoms with van der Waals surface area (Å²) in [7, 11) is 1.82. The van der Waals surface area contributed by atoms with Gasteiger partial charge >= 0.3 is 0 Å². The van der Waals surface area contributed by atoms with Gasteiger partial charge in [0, 0.05) is 44.2 Å². The molecule has 1 aliphatic heterocycles. The summed E-state index contributed by atoms with van der Waals surface area (Å²) in [5.74, 6) is 0.676. The summed E-state index contributed by atoms with van der Waals surface area (Å²) in [6, 6.07) is 6.90. The SMILES string of the molecule is CNCCC(=O)N1CCN(C(=O)COc2ccc(Cl)cc2)CC1.Cl. The fraction of sp³-hybridized carbons (Fsp3) is 0.500. The van der Waals surface area contributed by atoms with E-state index in [-0.39, 0.29) is 30.8 Å². The first-order valence-electron chi connectivity index (χ1n) is 7.68. The molecule has 0 atom stereocenters. The highest BCUT2D eigenvalue weighted by Crippen LogP contribution is 2.15. The molecule has 134 valence electrons. The van der Waals surface area contributed by atoms with Crippen LogP contribution in [0.15, 0.2) is 24.3 Å². The van der Waals surface area contributed by atoms with E-state index in [0.717, 1.165) is 0 Å². The molecule has 0 aliphatic carbocycles. The molecular weight excluding hydrogens is 353 g/mol. The van der Waals surface area contributed by atoms with Crippen LogP contribution in [0, 0.1) is 0 Å². The molecule has 1 fully saturated rings. The van der Waals surface area contributed by atoms with E-state index in [2.05, 4.69) is 5.32 Å². The third kappa shape index (κ3) is 6.19. The van der Waals surface area contributed by atoms with E-state index in [4.69, 9.17) is 16.3 Å². The molecular formula is C16H23Cl2N3O3. The van der Waals surface area contributed by atoms with Crippen molar-refractivity contribution in [1.82, 2.24) is 15.1 Å². The zero-order chi connectivity index (χ0) is 16.7. The molecule has 1 aromatic carbocycles. The lowest BCUT2D eigenvalue weighted by molar-refractivity contribution is -0.140. The van der Waals surface area contributed by atoms with Crippen molar-refractivity contribution in [2.45, 2.75) is 6.42 Å². The number of piperazine rings is 1. The van der Waals surface area contributed by atoms with Crippen LogP contribution in [0.25, 0.3) is 0 Å². The van der Waals surface area contributed by atoms with Crippen LogP contribution in [-0.4, -0.2) is 68.0 Å². The standard InChI is InChI=1S/C16H22ClN3O3.ClH/c1-18-7-6-15(21)19-8-10-20(11-9-19)16(22)12-23-14-4-2-13(17)3-5-14;/h2-5,18H,6-12H2,1H3;1H. The Morgan fingerprint density at radius 2 is 1.62 bits per heavy atom. The van der Waals surface area contributed by atoms with Gasteiger partial charge in [-0.1, -0.05) is 11.6 Å². The molecule has 1 heterocycles. The van der Waals surface area contributed by atoms with E-state index in [1.165, 1.54) is 0 Å². The number of ether oxygens (including phenoxy) is 1. The second-order valence-electron chi connectivity index (χ2n) is 5.36. The van der Waals surface area contributed by atoms with Crippen LogP contribution in [0.3, 0.4) is 0 Å². The lowest BCUT2D eigenvalue weighted by atomic mass is 10.2. The van der Waals surface area contributed by atoms with Crippen LogP contribution < -0.4 is 10.1 Å². The number of hydrogen-bond acceptors (Lipinski definition) is 4. The summed E-state index contributed by atoms with van der Waals surface area (Å²) in [6.45, 7) is 2.93. The zero-order valence-corrected chi connectivity index (χ0v) is 15.2. The monoisotopic (exact) mass is 375 g/mol. The first kappa shape index (κ1) is 20.5. The molecule has 6 nitrogen and oxygen atoms in total. The Bertz CT molecular complexity index is 532. The minimum absolute atomic E-state index is 0. The number of amides is 2. The topological polar surface area (TPSA) is 61.9 Å². The summed E-state index contributed by atoms with van der Waals surface area (Å²) < 4.78 is 5.46. The largest absolute Gasteiger partial charge is 0.484 e. The Morgan fingerprint density at radius 3 is 2.17 bits per heavy atom. The van der Waals surface area contributed by atoms with Crippen molar-refractivity contribution in [1.29, 1.82) is 0 Å². The maximum atomic E-state index is 12.1. The number of benzene rings is 1. The van der Waals surface area contributed by atoms with Crippen molar-refractivity contribution in [2.75, 3.05) is 46.4 Å². The average molecular weight is 376 g/mol. The molecule has 0 unspecified atom stereocenters.